The van der Waals surface area contributed by atoms with Crippen LogP contribution >= 0.6 is 11.6 Å². The molecule has 1 aliphatic heterocycles. The molecule has 116 valence electrons. The van der Waals surface area contributed by atoms with E-state index in [-0.39, 0.29) is 5.82 Å². The third-order valence-corrected chi connectivity index (χ3v) is 4.46. The molecule has 1 atom stereocenters. The van der Waals surface area contributed by atoms with Crippen molar-refractivity contribution >= 4 is 11.6 Å². The van der Waals surface area contributed by atoms with E-state index in [1.165, 1.54) is 11.6 Å². The Labute approximate surface area is 135 Å². The molecule has 3 rings (SSSR count). The summed E-state index contributed by atoms with van der Waals surface area (Å²) in [6.45, 7) is 3.21. The fourth-order valence-corrected chi connectivity index (χ4v) is 3.10. The van der Waals surface area contributed by atoms with E-state index in [0.717, 1.165) is 26.1 Å². The molecule has 0 bridgehead atoms. The van der Waals surface area contributed by atoms with Crippen molar-refractivity contribution in [1.82, 2.24) is 15.2 Å². The lowest BCUT2D eigenvalue weighted by Crippen LogP contribution is -2.36. The Hall–Kier alpha value is -1.49. The minimum absolute atomic E-state index is 0.238. The highest BCUT2D eigenvalue weighted by atomic mass is 35.5. The number of aromatic nitrogens is 1. The van der Waals surface area contributed by atoms with Crippen LogP contribution in [0.15, 0.2) is 42.7 Å². The van der Waals surface area contributed by atoms with Crippen molar-refractivity contribution in [3.63, 3.8) is 0 Å². The van der Waals surface area contributed by atoms with Crippen molar-refractivity contribution in [2.24, 2.45) is 0 Å². The van der Waals surface area contributed by atoms with Gasteiger partial charge in [0, 0.05) is 48.7 Å². The summed E-state index contributed by atoms with van der Waals surface area (Å²) in [5, 5.41) is 3.86. The molecule has 22 heavy (non-hydrogen) atoms. The first-order valence-electron chi connectivity index (χ1n) is 7.50. The van der Waals surface area contributed by atoms with Gasteiger partial charge in [-0.05, 0) is 42.8 Å². The summed E-state index contributed by atoms with van der Waals surface area (Å²) in [4.78, 5) is 6.34. The number of rotatable bonds is 5. The number of halogens is 2. The average Bonchev–Trinajstić information content (AvgIpc) is 3.05. The molecule has 5 heteroatoms. The summed E-state index contributed by atoms with van der Waals surface area (Å²) in [6, 6.07) is 9.25. The maximum Gasteiger partial charge on any atom is 0.129 e. The second kappa shape index (κ2) is 7.18. The van der Waals surface area contributed by atoms with E-state index in [4.69, 9.17) is 11.6 Å². The van der Waals surface area contributed by atoms with E-state index in [1.807, 2.05) is 12.1 Å². The summed E-state index contributed by atoms with van der Waals surface area (Å²) in [7, 11) is 0. The van der Waals surface area contributed by atoms with Gasteiger partial charge in [-0.15, -0.1) is 0 Å². The Morgan fingerprint density at radius 2 is 2.05 bits per heavy atom. The SMILES string of the molecule is Fc1cccc(Cl)c1CN(Cc1ccncc1)[C@H]1CCNC1. The first kappa shape index (κ1) is 15.4. The zero-order chi connectivity index (χ0) is 15.4. The molecule has 1 aliphatic rings. The molecule has 0 unspecified atom stereocenters. The lowest BCUT2D eigenvalue weighted by molar-refractivity contribution is 0.188. The highest BCUT2D eigenvalue weighted by molar-refractivity contribution is 6.31. The van der Waals surface area contributed by atoms with Crippen LogP contribution in [-0.2, 0) is 13.1 Å². The van der Waals surface area contributed by atoms with Crippen molar-refractivity contribution in [2.45, 2.75) is 25.6 Å². The Morgan fingerprint density at radius 1 is 1.23 bits per heavy atom. The quantitative estimate of drug-likeness (QED) is 0.917. The fourth-order valence-electron chi connectivity index (χ4n) is 2.87. The number of nitrogens with zero attached hydrogens (tertiary/aromatic N) is 2. The molecule has 0 saturated carbocycles. The van der Waals surface area contributed by atoms with Crippen LogP contribution in [0.1, 0.15) is 17.5 Å². The normalized spacial score (nSPS) is 18.0. The Kier molecular flexibility index (Phi) is 5.03. The largest absolute Gasteiger partial charge is 0.315 e. The van der Waals surface area contributed by atoms with E-state index in [1.54, 1.807) is 24.5 Å². The first-order valence-corrected chi connectivity index (χ1v) is 7.88. The minimum Gasteiger partial charge on any atom is -0.315 e. The van der Waals surface area contributed by atoms with Gasteiger partial charge in [0.05, 0.1) is 0 Å². The molecule has 2 heterocycles. The van der Waals surface area contributed by atoms with Gasteiger partial charge in [-0.1, -0.05) is 17.7 Å². The van der Waals surface area contributed by atoms with Crippen LogP contribution in [-0.4, -0.2) is 29.0 Å². The number of pyridine rings is 1. The van der Waals surface area contributed by atoms with Crippen LogP contribution < -0.4 is 5.32 Å². The molecule has 1 aromatic heterocycles. The molecule has 0 spiro atoms. The highest BCUT2D eigenvalue weighted by Gasteiger charge is 2.24. The molecule has 1 fully saturated rings. The van der Waals surface area contributed by atoms with E-state index in [2.05, 4.69) is 15.2 Å². The van der Waals surface area contributed by atoms with Crippen LogP contribution in [0.4, 0.5) is 4.39 Å². The summed E-state index contributed by atoms with van der Waals surface area (Å²) >= 11 is 6.19. The minimum atomic E-state index is -0.238. The van der Waals surface area contributed by atoms with E-state index in [0.29, 0.717) is 23.2 Å². The molecule has 0 amide bonds. The zero-order valence-electron chi connectivity index (χ0n) is 12.3. The molecule has 0 radical (unpaired) electrons. The number of benzene rings is 1. The molecule has 3 nitrogen and oxygen atoms in total. The van der Waals surface area contributed by atoms with Crippen LogP contribution in [0.3, 0.4) is 0 Å². The van der Waals surface area contributed by atoms with Crippen LogP contribution in [0.5, 0.6) is 0 Å². The van der Waals surface area contributed by atoms with Gasteiger partial charge in [0.1, 0.15) is 5.82 Å². The van der Waals surface area contributed by atoms with Crippen molar-refractivity contribution < 1.29 is 4.39 Å². The summed E-state index contributed by atoms with van der Waals surface area (Å²) < 4.78 is 14.1. The van der Waals surface area contributed by atoms with Gasteiger partial charge in [0.25, 0.3) is 0 Å². The zero-order valence-corrected chi connectivity index (χ0v) is 13.1. The van der Waals surface area contributed by atoms with E-state index >= 15 is 0 Å². The van der Waals surface area contributed by atoms with Gasteiger partial charge >= 0.3 is 0 Å². The maximum atomic E-state index is 14.1. The highest BCUT2D eigenvalue weighted by Crippen LogP contribution is 2.24. The van der Waals surface area contributed by atoms with Gasteiger partial charge in [0.2, 0.25) is 0 Å². The summed E-state index contributed by atoms with van der Waals surface area (Å²) in [5.74, 6) is -0.238. The molecule has 0 aliphatic carbocycles. The maximum absolute atomic E-state index is 14.1. The third kappa shape index (κ3) is 3.64. The topological polar surface area (TPSA) is 28.2 Å². The van der Waals surface area contributed by atoms with Crippen molar-refractivity contribution in [1.29, 1.82) is 0 Å². The van der Waals surface area contributed by atoms with Gasteiger partial charge < -0.3 is 5.32 Å². The van der Waals surface area contributed by atoms with E-state index < -0.39 is 0 Å². The van der Waals surface area contributed by atoms with Gasteiger partial charge in [0.15, 0.2) is 0 Å². The molecule has 1 aromatic carbocycles. The van der Waals surface area contributed by atoms with Gasteiger partial charge in [-0.3, -0.25) is 9.88 Å². The fraction of sp³-hybridized carbons (Fsp3) is 0.353. The molecule has 1 saturated heterocycles. The summed E-state index contributed by atoms with van der Waals surface area (Å²) in [6.07, 6.45) is 4.64. The predicted molar refractivity (Wildman–Crippen MR) is 86.2 cm³/mol. The Morgan fingerprint density at radius 3 is 2.73 bits per heavy atom. The Balaban J connectivity index is 1.82. The standard InChI is InChI=1S/C17H19ClFN3/c18-16-2-1-3-17(19)15(16)12-22(14-6-9-21-10-14)11-13-4-7-20-8-5-13/h1-5,7-8,14,21H,6,9-12H2/t14-/m0/s1. The number of hydrogen-bond acceptors (Lipinski definition) is 3. The number of nitrogens with one attached hydrogen (secondary N) is 1. The van der Waals surface area contributed by atoms with Crippen molar-refractivity contribution in [3.8, 4) is 0 Å². The van der Waals surface area contributed by atoms with Gasteiger partial charge in [-0.25, -0.2) is 4.39 Å². The van der Waals surface area contributed by atoms with Crippen molar-refractivity contribution in [3.05, 3.63) is 64.7 Å². The average molecular weight is 320 g/mol. The molecule has 2 aromatic rings. The molecular weight excluding hydrogens is 301 g/mol. The molecular formula is C17H19ClFN3. The monoisotopic (exact) mass is 319 g/mol. The van der Waals surface area contributed by atoms with E-state index in [9.17, 15) is 4.39 Å². The molecule has 1 N–H and O–H groups in total. The van der Waals surface area contributed by atoms with Crippen LogP contribution in [0, 0.1) is 5.82 Å². The first-order chi connectivity index (χ1) is 10.7. The Bertz CT molecular complexity index is 594. The van der Waals surface area contributed by atoms with Crippen LogP contribution in [0.2, 0.25) is 5.02 Å². The van der Waals surface area contributed by atoms with Gasteiger partial charge in [-0.2, -0.15) is 0 Å². The lowest BCUT2D eigenvalue weighted by atomic mass is 10.1. The predicted octanol–water partition coefficient (Wildman–Crippen LogP) is 3.24. The number of hydrogen-bond donors (Lipinski definition) is 1. The van der Waals surface area contributed by atoms with Crippen LogP contribution in [0.25, 0.3) is 0 Å². The second-order valence-electron chi connectivity index (χ2n) is 5.61. The second-order valence-corrected chi connectivity index (χ2v) is 6.01. The lowest BCUT2D eigenvalue weighted by Gasteiger charge is -2.29. The van der Waals surface area contributed by atoms with Crippen molar-refractivity contribution in [2.75, 3.05) is 13.1 Å². The smallest absolute Gasteiger partial charge is 0.129 e. The third-order valence-electron chi connectivity index (χ3n) is 4.11. The summed E-state index contributed by atoms with van der Waals surface area (Å²) in [5.41, 5.74) is 1.75.